The Bertz CT molecular complexity index is 709. The summed E-state index contributed by atoms with van der Waals surface area (Å²) >= 11 is 5.90. The van der Waals surface area contributed by atoms with Crippen LogP contribution in [0.15, 0.2) is 52.9 Å². The van der Waals surface area contributed by atoms with E-state index in [0.29, 0.717) is 22.4 Å². The van der Waals surface area contributed by atoms with Crippen LogP contribution in [0, 0.1) is 5.82 Å². The molecular formula is C14H8ClFN2O. The van der Waals surface area contributed by atoms with Crippen LogP contribution in [-0.4, -0.2) is 10.2 Å². The van der Waals surface area contributed by atoms with Gasteiger partial charge in [0.05, 0.1) is 0 Å². The van der Waals surface area contributed by atoms with Crippen molar-refractivity contribution in [1.29, 1.82) is 0 Å². The van der Waals surface area contributed by atoms with Gasteiger partial charge in [-0.05, 0) is 42.5 Å². The highest BCUT2D eigenvalue weighted by molar-refractivity contribution is 6.30. The highest BCUT2D eigenvalue weighted by Crippen LogP contribution is 2.25. The Kier molecular flexibility index (Phi) is 3.01. The smallest absolute Gasteiger partial charge is 0.248 e. The van der Waals surface area contributed by atoms with Crippen molar-refractivity contribution >= 4 is 11.6 Å². The molecule has 94 valence electrons. The summed E-state index contributed by atoms with van der Waals surface area (Å²) in [6.45, 7) is 0. The van der Waals surface area contributed by atoms with E-state index in [9.17, 15) is 4.39 Å². The number of aromatic nitrogens is 2. The third-order valence-electron chi connectivity index (χ3n) is 2.59. The van der Waals surface area contributed by atoms with Gasteiger partial charge in [-0.15, -0.1) is 10.2 Å². The SMILES string of the molecule is Fc1ccc(-c2nnc(-c3cccc(Cl)c3)o2)cc1. The summed E-state index contributed by atoms with van der Waals surface area (Å²) in [5, 5.41) is 8.49. The van der Waals surface area contributed by atoms with E-state index in [4.69, 9.17) is 16.0 Å². The zero-order valence-corrected chi connectivity index (χ0v) is 10.4. The second kappa shape index (κ2) is 4.82. The minimum atomic E-state index is -0.307. The molecule has 0 N–H and O–H groups in total. The quantitative estimate of drug-likeness (QED) is 0.703. The van der Waals surface area contributed by atoms with Crippen molar-refractivity contribution < 1.29 is 8.81 Å². The molecule has 3 nitrogen and oxygen atoms in total. The molecule has 0 aliphatic heterocycles. The number of hydrogen-bond donors (Lipinski definition) is 0. The van der Waals surface area contributed by atoms with Gasteiger partial charge in [0.1, 0.15) is 5.82 Å². The van der Waals surface area contributed by atoms with E-state index in [1.807, 2.05) is 6.07 Å². The van der Waals surface area contributed by atoms with E-state index >= 15 is 0 Å². The molecule has 3 rings (SSSR count). The topological polar surface area (TPSA) is 38.9 Å². The molecule has 0 spiro atoms. The molecule has 0 amide bonds. The maximum Gasteiger partial charge on any atom is 0.248 e. The average molecular weight is 275 g/mol. The standard InChI is InChI=1S/C14H8ClFN2O/c15-11-3-1-2-10(8-11)14-18-17-13(19-14)9-4-6-12(16)7-5-9/h1-8H. The molecule has 0 saturated heterocycles. The van der Waals surface area contributed by atoms with Crippen LogP contribution in [0.2, 0.25) is 5.02 Å². The Hall–Kier alpha value is -2.20. The minimum Gasteiger partial charge on any atom is -0.416 e. The first-order valence-electron chi connectivity index (χ1n) is 5.58. The van der Waals surface area contributed by atoms with Crippen molar-refractivity contribution in [3.8, 4) is 22.9 Å². The fraction of sp³-hybridized carbons (Fsp3) is 0. The molecule has 0 unspecified atom stereocenters. The molecule has 5 heteroatoms. The van der Waals surface area contributed by atoms with Crippen LogP contribution >= 0.6 is 11.6 Å². The van der Waals surface area contributed by atoms with Crippen LogP contribution in [0.5, 0.6) is 0 Å². The summed E-state index contributed by atoms with van der Waals surface area (Å²) in [5.41, 5.74) is 1.41. The van der Waals surface area contributed by atoms with Crippen LogP contribution in [0.3, 0.4) is 0 Å². The van der Waals surface area contributed by atoms with Gasteiger partial charge < -0.3 is 4.42 Å². The highest BCUT2D eigenvalue weighted by atomic mass is 35.5. The molecule has 0 bridgehead atoms. The predicted octanol–water partition coefficient (Wildman–Crippen LogP) is 4.20. The molecule has 0 radical (unpaired) electrons. The summed E-state index contributed by atoms with van der Waals surface area (Å²) < 4.78 is 18.4. The van der Waals surface area contributed by atoms with E-state index in [-0.39, 0.29) is 5.82 Å². The van der Waals surface area contributed by atoms with Crippen molar-refractivity contribution in [2.75, 3.05) is 0 Å². The normalized spacial score (nSPS) is 10.6. The molecule has 0 atom stereocenters. The van der Waals surface area contributed by atoms with Gasteiger partial charge in [-0.1, -0.05) is 17.7 Å². The summed E-state index contributed by atoms with van der Waals surface area (Å²) in [6.07, 6.45) is 0. The molecule has 19 heavy (non-hydrogen) atoms. The fourth-order valence-corrected chi connectivity index (χ4v) is 1.86. The number of rotatable bonds is 2. The van der Waals surface area contributed by atoms with Crippen LogP contribution in [0.1, 0.15) is 0 Å². The Morgan fingerprint density at radius 2 is 1.58 bits per heavy atom. The molecular weight excluding hydrogens is 267 g/mol. The van der Waals surface area contributed by atoms with E-state index in [1.54, 1.807) is 30.3 Å². The third kappa shape index (κ3) is 2.48. The number of benzene rings is 2. The lowest BCUT2D eigenvalue weighted by molar-refractivity contribution is 0.584. The second-order valence-corrected chi connectivity index (χ2v) is 4.37. The Morgan fingerprint density at radius 1 is 0.895 bits per heavy atom. The number of hydrogen-bond acceptors (Lipinski definition) is 3. The van der Waals surface area contributed by atoms with Crippen molar-refractivity contribution in [3.05, 3.63) is 59.4 Å². The molecule has 2 aromatic carbocycles. The summed E-state index contributed by atoms with van der Waals surface area (Å²) in [5.74, 6) is 0.412. The summed E-state index contributed by atoms with van der Waals surface area (Å²) in [4.78, 5) is 0. The second-order valence-electron chi connectivity index (χ2n) is 3.93. The van der Waals surface area contributed by atoms with E-state index in [2.05, 4.69) is 10.2 Å². The number of halogens is 2. The van der Waals surface area contributed by atoms with Crippen LogP contribution in [-0.2, 0) is 0 Å². The highest BCUT2D eigenvalue weighted by Gasteiger charge is 2.10. The van der Waals surface area contributed by atoms with Crippen molar-refractivity contribution in [1.82, 2.24) is 10.2 Å². The first-order chi connectivity index (χ1) is 9.22. The van der Waals surface area contributed by atoms with Gasteiger partial charge >= 0.3 is 0 Å². The van der Waals surface area contributed by atoms with Crippen LogP contribution < -0.4 is 0 Å². The Balaban J connectivity index is 1.97. The van der Waals surface area contributed by atoms with E-state index < -0.39 is 0 Å². The maximum atomic E-state index is 12.8. The molecule has 0 aliphatic rings. The van der Waals surface area contributed by atoms with Crippen molar-refractivity contribution in [2.45, 2.75) is 0 Å². The zero-order valence-electron chi connectivity index (χ0n) is 9.68. The summed E-state index contributed by atoms with van der Waals surface area (Å²) in [7, 11) is 0. The largest absolute Gasteiger partial charge is 0.416 e. The predicted molar refractivity (Wildman–Crippen MR) is 70.1 cm³/mol. The lowest BCUT2D eigenvalue weighted by Crippen LogP contribution is -1.78. The zero-order chi connectivity index (χ0) is 13.2. The number of nitrogens with zero attached hydrogens (tertiary/aromatic N) is 2. The van der Waals surface area contributed by atoms with Gasteiger partial charge in [0.25, 0.3) is 0 Å². The lowest BCUT2D eigenvalue weighted by atomic mass is 10.2. The fourth-order valence-electron chi connectivity index (χ4n) is 1.67. The first-order valence-corrected chi connectivity index (χ1v) is 5.95. The monoisotopic (exact) mass is 274 g/mol. The maximum absolute atomic E-state index is 12.8. The van der Waals surface area contributed by atoms with Gasteiger partial charge in [0, 0.05) is 16.1 Å². The van der Waals surface area contributed by atoms with Gasteiger partial charge in [-0.25, -0.2) is 4.39 Å². The minimum absolute atomic E-state index is 0.307. The van der Waals surface area contributed by atoms with Crippen LogP contribution in [0.25, 0.3) is 22.9 Å². The van der Waals surface area contributed by atoms with Gasteiger partial charge in [0.2, 0.25) is 11.8 Å². The molecule has 0 saturated carbocycles. The summed E-state index contributed by atoms with van der Waals surface area (Å²) in [6, 6.07) is 13.0. The van der Waals surface area contributed by atoms with Crippen molar-refractivity contribution in [2.24, 2.45) is 0 Å². The lowest BCUT2D eigenvalue weighted by Gasteiger charge is -1.95. The molecule has 3 aromatic rings. The molecule has 1 heterocycles. The average Bonchev–Trinajstić information content (AvgIpc) is 2.89. The Labute approximate surface area is 113 Å². The van der Waals surface area contributed by atoms with Gasteiger partial charge in [-0.3, -0.25) is 0 Å². The molecule has 1 aromatic heterocycles. The molecule has 0 fully saturated rings. The van der Waals surface area contributed by atoms with Crippen LogP contribution in [0.4, 0.5) is 4.39 Å². The van der Waals surface area contributed by atoms with E-state index in [0.717, 1.165) is 5.56 Å². The van der Waals surface area contributed by atoms with Crippen molar-refractivity contribution in [3.63, 3.8) is 0 Å². The van der Waals surface area contributed by atoms with Gasteiger partial charge in [-0.2, -0.15) is 0 Å². The molecule has 0 aliphatic carbocycles. The third-order valence-corrected chi connectivity index (χ3v) is 2.82. The Morgan fingerprint density at radius 3 is 2.26 bits per heavy atom. The van der Waals surface area contributed by atoms with E-state index in [1.165, 1.54) is 12.1 Å². The first kappa shape index (κ1) is 11.9. The van der Waals surface area contributed by atoms with Gasteiger partial charge in [0.15, 0.2) is 0 Å².